The Balaban J connectivity index is 1.82. The van der Waals surface area contributed by atoms with Crippen LogP contribution in [-0.2, 0) is 10.0 Å². The van der Waals surface area contributed by atoms with Crippen LogP contribution in [0.1, 0.15) is 17.5 Å². The van der Waals surface area contributed by atoms with E-state index < -0.39 is 10.0 Å². The SMILES string of the molecule is C=C1CC=C(c2ccc3ccccc3c2)N(S(=O)(=O)c2ccc(C)cc2)C1. The first-order valence-corrected chi connectivity index (χ1v) is 10.3. The van der Waals surface area contributed by atoms with Gasteiger partial charge in [-0.2, -0.15) is 0 Å². The van der Waals surface area contributed by atoms with Gasteiger partial charge in [-0.05, 0) is 47.9 Å². The molecule has 3 nitrogen and oxygen atoms in total. The van der Waals surface area contributed by atoms with E-state index in [1.807, 2.05) is 61.5 Å². The zero-order valence-electron chi connectivity index (χ0n) is 15.2. The molecule has 4 rings (SSSR count). The molecular formula is C23H21NO2S. The van der Waals surface area contributed by atoms with E-state index in [-0.39, 0.29) is 0 Å². The maximum absolute atomic E-state index is 13.3. The fraction of sp³-hybridized carbons (Fsp3) is 0.130. The van der Waals surface area contributed by atoms with E-state index in [4.69, 9.17) is 0 Å². The van der Waals surface area contributed by atoms with E-state index in [9.17, 15) is 8.42 Å². The Bertz CT molecular complexity index is 1160. The quantitative estimate of drug-likeness (QED) is 0.595. The molecule has 136 valence electrons. The van der Waals surface area contributed by atoms with Crippen molar-refractivity contribution >= 4 is 26.5 Å². The molecule has 0 bridgehead atoms. The second-order valence-electron chi connectivity index (χ2n) is 6.93. The highest BCUT2D eigenvalue weighted by Gasteiger charge is 2.30. The van der Waals surface area contributed by atoms with E-state index in [2.05, 4.69) is 12.6 Å². The van der Waals surface area contributed by atoms with Crippen LogP contribution in [0.4, 0.5) is 0 Å². The first-order chi connectivity index (χ1) is 12.9. The van der Waals surface area contributed by atoms with E-state index in [0.717, 1.165) is 27.5 Å². The average Bonchev–Trinajstić information content (AvgIpc) is 2.68. The van der Waals surface area contributed by atoms with Gasteiger partial charge in [0.15, 0.2) is 0 Å². The third-order valence-corrected chi connectivity index (χ3v) is 6.65. The van der Waals surface area contributed by atoms with Gasteiger partial charge in [0.05, 0.1) is 17.1 Å². The predicted octanol–water partition coefficient (Wildman–Crippen LogP) is 5.14. The molecule has 0 N–H and O–H groups in total. The fourth-order valence-corrected chi connectivity index (χ4v) is 4.88. The van der Waals surface area contributed by atoms with Gasteiger partial charge in [-0.1, -0.05) is 72.3 Å². The first kappa shape index (κ1) is 17.6. The van der Waals surface area contributed by atoms with Crippen LogP contribution in [0, 0.1) is 6.92 Å². The standard InChI is InChI=1S/C23H21NO2S/c1-17-7-12-22(13-8-17)27(25,26)24-16-18(2)9-14-23(24)21-11-10-19-5-3-4-6-20(19)15-21/h3-8,10-15H,2,9,16H2,1H3. The molecule has 1 aliphatic rings. The van der Waals surface area contributed by atoms with Crippen LogP contribution >= 0.6 is 0 Å². The van der Waals surface area contributed by atoms with Crippen molar-refractivity contribution in [3.05, 3.63) is 96.1 Å². The van der Waals surface area contributed by atoms with Crippen molar-refractivity contribution in [2.45, 2.75) is 18.2 Å². The molecule has 0 fully saturated rings. The zero-order valence-corrected chi connectivity index (χ0v) is 16.0. The van der Waals surface area contributed by atoms with E-state index in [1.54, 1.807) is 12.1 Å². The number of nitrogens with zero attached hydrogens (tertiary/aromatic N) is 1. The summed E-state index contributed by atoms with van der Waals surface area (Å²) in [6.07, 6.45) is 2.64. The predicted molar refractivity (Wildman–Crippen MR) is 111 cm³/mol. The van der Waals surface area contributed by atoms with Crippen LogP contribution in [-0.4, -0.2) is 19.3 Å². The lowest BCUT2D eigenvalue weighted by Crippen LogP contribution is -2.33. The van der Waals surface area contributed by atoms with Gasteiger partial charge in [-0.3, -0.25) is 4.31 Å². The smallest absolute Gasteiger partial charge is 0.262 e. The Labute approximate surface area is 160 Å². The minimum Gasteiger partial charge on any atom is -0.262 e. The zero-order chi connectivity index (χ0) is 19.0. The molecule has 1 heterocycles. The van der Waals surface area contributed by atoms with Crippen molar-refractivity contribution in [2.75, 3.05) is 6.54 Å². The van der Waals surface area contributed by atoms with Crippen LogP contribution in [0.2, 0.25) is 0 Å². The van der Waals surface area contributed by atoms with E-state index >= 15 is 0 Å². The van der Waals surface area contributed by atoms with Crippen LogP contribution in [0.15, 0.2) is 89.9 Å². The molecule has 0 atom stereocenters. The van der Waals surface area contributed by atoms with Gasteiger partial charge in [-0.15, -0.1) is 0 Å². The number of hydrogen-bond acceptors (Lipinski definition) is 2. The number of hydrogen-bond donors (Lipinski definition) is 0. The highest BCUT2D eigenvalue weighted by atomic mass is 32.2. The third kappa shape index (κ3) is 3.28. The van der Waals surface area contributed by atoms with E-state index in [0.29, 0.717) is 23.6 Å². The Morgan fingerprint density at radius 1 is 0.926 bits per heavy atom. The minimum atomic E-state index is -3.66. The summed E-state index contributed by atoms with van der Waals surface area (Å²) < 4.78 is 28.2. The van der Waals surface area contributed by atoms with Gasteiger partial charge >= 0.3 is 0 Å². The second-order valence-corrected chi connectivity index (χ2v) is 8.79. The molecule has 27 heavy (non-hydrogen) atoms. The summed E-state index contributed by atoms with van der Waals surface area (Å²) in [5.41, 5.74) is 3.53. The van der Waals surface area contributed by atoms with Crippen LogP contribution in [0.25, 0.3) is 16.5 Å². The first-order valence-electron chi connectivity index (χ1n) is 8.90. The van der Waals surface area contributed by atoms with Crippen LogP contribution in [0.5, 0.6) is 0 Å². The molecule has 0 unspecified atom stereocenters. The topological polar surface area (TPSA) is 37.4 Å². The maximum Gasteiger partial charge on any atom is 0.264 e. The second kappa shape index (κ2) is 6.71. The van der Waals surface area contributed by atoms with Crippen molar-refractivity contribution < 1.29 is 8.42 Å². The van der Waals surface area contributed by atoms with Gasteiger partial charge < -0.3 is 0 Å². The number of sulfonamides is 1. The minimum absolute atomic E-state index is 0.300. The van der Waals surface area contributed by atoms with Crippen molar-refractivity contribution in [1.82, 2.24) is 4.31 Å². The summed E-state index contributed by atoms with van der Waals surface area (Å²) in [6.45, 7) is 6.26. The highest BCUT2D eigenvalue weighted by molar-refractivity contribution is 7.89. The molecule has 0 spiro atoms. The van der Waals surface area contributed by atoms with E-state index in [1.165, 1.54) is 4.31 Å². The van der Waals surface area contributed by atoms with Gasteiger partial charge in [-0.25, -0.2) is 8.42 Å². The molecule has 0 saturated heterocycles. The maximum atomic E-state index is 13.3. The Hall–Kier alpha value is -2.85. The summed E-state index contributed by atoms with van der Waals surface area (Å²) in [5, 5.41) is 2.22. The monoisotopic (exact) mass is 375 g/mol. The summed E-state index contributed by atoms with van der Waals surface area (Å²) in [5.74, 6) is 0. The molecule has 0 aliphatic carbocycles. The Morgan fingerprint density at radius 2 is 1.63 bits per heavy atom. The Morgan fingerprint density at radius 3 is 2.37 bits per heavy atom. The molecule has 1 aliphatic heterocycles. The van der Waals surface area contributed by atoms with Crippen molar-refractivity contribution in [3.63, 3.8) is 0 Å². The molecule has 0 radical (unpaired) electrons. The lowest BCUT2D eigenvalue weighted by molar-refractivity contribution is 0.520. The summed E-state index contributed by atoms with van der Waals surface area (Å²) in [6, 6.07) is 21.1. The lowest BCUT2D eigenvalue weighted by Gasteiger charge is -2.31. The number of fused-ring (bicyclic) bond motifs is 1. The van der Waals surface area contributed by atoms with Gasteiger partial charge in [0, 0.05) is 0 Å². The number of benzene rings is 3. The number of allylic oxidation sites excluding steroid dienone is 1. The summed E-state index contributed by atoms with van der Waals surface area (Å²) in [4.78, 5) is 0.300. The Kier molecular flexibility index (Phi) is 4.36. The molecule has 0 aromatic heterocycles. The molecule has 3 aromatic carbocycles. The van der Waals surface area contributed by atoms with Crippen molar-refractivity contribution in [3.8, 4) is 0 Å². The van der Waals surface area contributed by atoms with Crippen LogP contribution < -0.4 is 0 Å². The normalized spacial score (nSPS) is 15.1. The lowest BCUT2D eigenvalue weighted by atomic mass is 10.0. The largest absolute Gasteiger partial charge is 0.264 e. The molecule has 0 saturated carbocycles. The third-order valence-electron chi connectivity index (χ3n) is 4.87. The van der Waals surface area contributed by atoms with Crippen molar-refractivity contribution in [1.29, 1.82) is 0 Å². The van der Waals surface area contributed by atoms with Gasteiger partial charge in [0.25, 0.3) is 10.0 Å². The molecule has 4 heteroatoms. The summed E-state index contributed by atoms with van der Waals surface area (Å²) in [7, 11) is -3.66. The number of rotatable bonds is 3. The molecular weight excluding hydrogens is 354 g/mol. The average molecular weight is 375 g/mol. The molecule has 3 aromatic rings. The van der Waals surface area contributed by atoms with Gasteiger partial charge in [0.1, 0.15) is 0 Å². The van der Waals surface area contributed by atoms with Gasteiger partial charge in [0.2, 0.25) is 0 Å². The van der Waals surface area contributed by atoms with Crippen LogP contribution in [0.3, 0.4) is 0 Å². The summed E-state index contributed by atoms with van der Waals surface area (Å²) >= 11 is 0. The molecule has 0 amide bonds. The fourth-order valence-electron chi connectivity index (χ4n) is 3.36. The van der Waals surface area contributed by atoms with Crippen molar-refractivity contribution in [2.24, 2.45) is 0 Å². The highest BCUT2D eigenvalue weighted by Crippen LogP contribution is 2.33. The number of aryl methyl sites for hydroxylation is 1.